The lowest BCUT2D eigenvalue weighted by Crippen LogP contribution is -2.46. The molecule has 0 fully saturated rings. The summed E-state index contributed by atoms with van der Waals surface area (Å²) < 4.78 is 24.7. The van der Waals surface area contributed by atoms with Crippen molar-refractivity contribution in [2.75, 3.05) is 12.8 Å². The average molecular weight is 233 g/mol. The van der Waals surface area contributed by atoms with Gasteiger partial charge in [-0.25, -0.2) is 8.42 Å². The average Bonchev–Trinajstić information content (AvgIpc) is 2.10. The molecular weight excluding hydrogens is 210 g/mol. The molecule has 0 heterocycles. The number of nitrogens with zero attached hydrogens (tertiary/aromatic N) is 1. The van der Waals surface area contributed by atoms with Crippen LogP contribution in [-0.2, 0) is 10.0 Å². The van der Waals surface area contributed by atoms with Gasteiger partial charge < -0.3 is 0 Å². The highest BCUT2D eigenvalue weighted by molar-refractivity contribution is 7.88. The van der Waals surface area contributed by atoms with Gasteiger partial charge in [-0.15, -0.1) is 6.58 Å². The summed E-state index contributed by atoms with van der Waals surface area (Å²) in [4.78, 5) is 0. The molecule has 3 nitrogen and oxygen atoms in total. The van der Waals surface area contributed by atoms with Crippen molar-refractivity contribution in [3.8, 4) is 0 Å². The van der Waals surface area contributed by atoms with Crippen LogP contribution in [0.5, 0.6) is 0 Å². The molecule has 0 saturated carbocycles. The van der Waals surface area contributed by atoms with Crippen LogP contribution >= 0.6 is 0 Å². The molecule has 0 amide bonds. The zero-order valence-corrected chi connectivity index (χ0v) is 11.1. The molecule has 0 aliphatic carbocycles. The second kappa shape index (κ2) is 5.66. The monoisotopic (exact) mass is 233 g/mol. The molecule has 0 aliphatic heterocycles. The maximum Gasteiger partial charge on any atom is 0.211 e. The molecule has 15 heavy (non-hydrogen) atoms. The van der Waals surface area contributed by atoms with E-state index in [1.165, 1.54) is 10.6 Å². The Hall–Kier alpha value is -0.350. The molecule has 0 unspecified atom stereocenters. The van der Waals surface area contributed by atoms with E-state index in [1.807, 2.05) is 13.8 Å². The summed E-state index contributed by atoms with van der Waals surface area (Å²) in [6.45, 7) is 10.1. The molecule has 0 aromatic rings. The van der Waals surface area contributed by atoms with Crippen LogP contribution in [0.1, 0.15) is 40.0 Å². The van der Waals surface area contributed by atoms with Crippen LogP contribution in [0.25, 0.3) is 0 Å². The van der Waals surface area contributed by atoms with Crippen LogP contribution in [0.3, 0.4) is 0 Å². The second-order valence-electron chi connectivity index (χ2n) is 4.40. The Kier molecular flexibility index (Phi) is 5.53. The molecule has 0 radical (unpaired) electrons. The highest BCUT2D eigenvalue weighted by atomic mass is 32.2. The molecule has 0 rings (SSSR count). The lowest BCUT2D eigenvalue weighted by Gasteiger charge is -2.34. The van der Waals surface area contributed by atoms with Gasteiger partial charge in [-0.05, 0) is 20.3 Å². The van der Waals surface area contributed by atoms with Gasteiger partial charge in [0.05, 0.1) is 6.26 Å². The van der Waals surface area contributed by atoms with Gasteiger partial charge in [0.25, 0.3) is 0 Å². The third-order valence-corrected chi connectivity index (χ3v) is 3.96. The number of sulfonamides is 1. The zero-order valence-electron chi connectivity index (χ0n) is 10.3. The van der Waals surface area contributed by atoms with Crippen molar-refractivity contribution >= 4 is 10.0 Å². The summed E-state index contributed by atoms with van der Waals surface area (Å²) in [6, 6.07) is 0. The predicted octanol–water partition coefficient (Wildman–Crippen LogP) is 2.40. The molecule has 0 spiro atoms. The summed E-state index contributed by atoms with van der Waals surface area (Å²) in [5, 5.41) is 0. The zero-order chi connectivity index (χ0) is 12.1. The molecule has 0 bridgehead atoms. The van der Waals surface area contributed by atoms with Crippen LogP contribution in [0.4, 0.5) is 0 Å². The topological polar surface area (TPSA) is 37.4 Å². The standard InChI is InChI=1S/C11H23NO2S/c1-6-8-9-10-12(15(5,13)14)11(3,4)7-2/h7H,2,6,8-10H2,1,3-5H3. The van der Waals surface area contributed by atoms with Gasteiger partial charge in [0.2, 0.25) is 10.0 Å². The first-order chi connectivity index (χ1) is 6.75. The first kappa shape index (κ1) is 14.6. The van der Waals surface area contributed by atoms with E-state index in [1.54, 1.807) is 6.08 Å². The number of rotatable bonds is 7. The number of hydrogen-bond acceptors (Lipinski definition) is 2. The van der Waals surface area contributed by atoms with Crippen LogP contribution in [0.15, 0.2) is 12.7 Å². The largest absolute Gasteiger partial charge is 0.212 e. The van der Waals surface area contributed by atoms with E-state index in [0.717, 1.165) is 19.3 Å². The maximum atomic E-state index is 11.6. The van der Waals surface area contributed by atoms with Crippen molar-refractivity contribution in [2.24, 2.45) is 0 Å². The van der Waals surface area contributed by atoms with E-state index in [2.05, 4.69) is 13.5 Å². The first-order valence-electron chi connectivity index (χ1n) is 5.37. The third kappa shape index (κ3) is 4.80. The van der Waals surface area contributed by atoms with E-state index in [0.29, 0.717) is 6.54 Å². The lowest BCUT2D eigenvalue weighted by atomic mass is 10.1. The van der Waals surface area contributed by atoms with Crippen molar-refractivity contribution in [2.45, 2.75) is 45.6 Å². The molecule has 90 valence electrons. The third-order valence-electron chi connectivity index (χ3n) is 2.51. The molecule has 0 N–H and O–H groups in total. The molecule has 0 aliphatic rings. The van der Waals surface area contributed by atoms with Crippen LogP contribution in [-0.4, -0.2) is 31.1 Å². The number of hydrogen-bond donors (Lipinski definition) is 0. The van der Waals surface area contributed by atoms with Gasteiger partial charge in [-0.1, -0.05) is 25.8 Å². The number of unbranched alkanes of at least 4 members (excludes halogenated alkanes) is 2. The summed E-state index contributed by atoms with van der Waals surface area (Å²) in [5.41, 5.74) is -0.499. The smallest absolute Gasteiger partial charge is 0.211 e. The van der Waals surface area contributed by atoms with Gasteiger partial charge in [0.15, 0.2) is 0 Å². The van der Waals surface area contributed by atoms with E-state index >= 15 is 0 Å². The Labute approximate surface area is 94.2 Å². The van der Waals surface area contributed by atoms with Gasteiger partial charge in [-0.3, -0.25) is 0 Å². The highest BCUT2D eigenvalue weighted by Gasteiger charge is 2.30. The van der Waals surface area contributed by atoms with Crippen molar-refractivity contribution in [3.63, 3.8) is 0 Å². The normalized spacial score (nSPS) is 13.1. The van der Waals surface area contributed by atoms with Crippen molar-refractivity contribution in [1.29, 1.82) is 0 Å². The van der Waals surface area contributed by atoms with Crippen LogP contribution in [0.2, 0.25) is 0 Å². The Balaban J connectivity index is 4.69. The highest BCUT2D eigenvalue weighted by Crippen LogP contribution is 2.20. The van der Waals surface area contributed by atoms with Gasteiger partial charge in [-0.2, -0.15) is 4.31 Å². The minimum absolute atomic E-state index is 0.499. The van der Waals surface area contributed by atoms with E-state index in [9.17, 15) is 8.42 Å². The fraction of sp³-hybridized carbons (Fsp3) is 0.818. The van der Waals surface area contributed by atoms with Gasteiger partial charge in [0.1, 0.15) is 0 Å². The summed E-state index contributed by atoms with van der Waals surface area (Å²) in [7, 11) is -3.15. The van der Waals surface area contributed by atoms with Crippen molar-refractivity contribution < 1.29 is 8.42 Å². The molecular formula is C11H23NO2S. The first-order valence-corrected chi connectivity index (χ1v) is 7.22. The molecule has 0 aromatic carbocycles. The van der Waals surface area contributed by atoms with E-state index in [4.69, 9.17) is 0 Å². The Bertz CT molecular complexity index is 294. The van der Waals surface area contributed by atoms with Crippen LogP contribution in [0, 0.1) is 0 Å². The Morgan fingerprint density at radius 1 is 1.33 bits per heavy atom. The van der Waals surface area contributed by atoms with E-state index < -0.39 is 15.6 Å². The SMILES string of the molecule is C=CC(C)(C)N(CCCCC)S(C)(=O)=O. The van der Waals surface area contributed by atoms with E-state index in [-0.39, 0.29) is 0 Å². The molecule has 0 aromatic heterocycles. The van der Waals surface area contributed by atoms with Crippen molar-refractivity contribution in [3.05, 3.63) is 12.7 Å². The minimum atomic E-state index is -3.15. The van der Waals surface area contributed by atoms with Gasteiger partial charge in [0, 0.05) is 12.1 Å². The fourth-order valence-electron chi connectivity index (χ4n) is 1.49. The Morgan fingerprint density at radius 2 is 1.87 bits per heavy atom. The second-order valence-corrected chi connectivity index (χ2v) is 6.31. The minimum Gasteiger partial charge on any atom is -0.212 e. The summed E-state index contributed by atoms with van der Waals surface area (Å²) in [5.74, 6) is 0. The van der Waals surface area contributed by atoms with Crippen molar-refractivity contribution in [1.82, 2.24) is 4.31 Å². The molecule has 4 heteroatoms. The molecule has 0 atom stereocenters. The Morgan fingerprint density at radius 3 is 2.20 bits per heavy atom. The quantitative estimate of drug-likeness (QED) is 0.500. The molecule has 0 saturated heterocycles. The predicted molar refractivity (Wildman–Crippen MR) is 65.4 cm³/mol. The maximum absolute atomic E-state index is 11.6. The fourth-order valence-corrected chi connectivity index (χ4v) is 2.88. The summed E-state index contributed by atoms with van der Waals surface area (Å²) >= 11 is 0. The summed E-state index contributed by atoms with van der Waals surface area (Å²) in [6.07, 6.45) is 5.98. The van der Waals surface area contributed by atoms with Crippen LogP contribution < -0.4 is 0 Å². The van der Waals surface area contributed by atoms with Gasteiger partial charge >= 0.3 is 0 Å². The lowest BCUT2D eigenvalue weighted by molar-refractivity contribution is 0.278.